The largest absolute Gasteiger partial charge is 0.508 e. The van der Waals surface area contributed by atoms with Crippen LogP contribution in [-0.4, -0.2) is 16.0 Å². The Kier molecular flexibility index (Phi) is 4.59. The number of anilines is 2. The molecule has 0 atom stereocenters. The van der Waals surface area contributed by atoms with Crippen LogP contribution in [0.3, 0.4) is 0 Å². The van der Waals surface area contributed by atoms with E-state index < -0.39 is 0 Å². The average Bonchev–Trinajstić information content (AvgIpc) is 2.59. The summed E-state index contributed by atoms with van der Waals surface area (Å²) in [6, 6.07) is 13.7. The Morgan fingerprint density at radius 1 is 1.16 bits per heavy atom. The van der Waals surface area contributed by atoms with Crippen LogP contribution in [0.15, 0.2) is 54.7 Å². The molecule has 0 saturated heterocycles. The molecule has 1 amide bonds. The van der Waals surface area contributed by atoms with Crippen molar-refractivity contribution in [3.05, 3.63) is 70.9 Å². The molecule has 5 nitrogen and oxygen atoms in total. The molecule has 3 rings (SSSR count). The van der Waals surface area contributed by atoms with Crippen LogP contribution in [0.2, 0.25) is 5.02 Å². The summed E-state index contributed by atoms with van der Waals surface area (Å²) in [4.78, 5) is 16.8. The van der Waals surface area contributed by atoms with E-state index in [0.29, 0.717) is 10.7 Å². The van der Waals surface area contributed by atoms with E-state index in [-0.39, 0.29) is 23.0 Å². The van der Waals surface area contributed by atoms with Gasteiger partial charge in [-0.15, -0.1) is 0 Å². The lowest BCUT2D eigenvalue weighted by Crippen LogP contribution is -2.16. The molecule has 0 fully saturated rings. The summed E-state index contributed by atoms with van der Waals surface area (Å²) < 4.78 is 0. The Labute approximate surface area is 150 Å². The van der Waals surface area contributed by atoms with Gasteiger partial charge >= 0.3 is 0 Å². The predicted molar refractivity (Wildman–Crippen MR) is 99.9 cm³/mol. The number of nitrogen functional groups attached to an aromatic ring is 1. The highest BCUT2D eigenvalue weighted by molar-refractivity contribution is 6.34. The summed E-state index contributed by atoms with van der Waals surface area (Å²) >= 11 is 6.16. The fourth-order valence-electron chi connectivity index (χ4n) is 2.44. The lowest BCUT2D eigenvalue weighted by atomic mass is 10.0. The zero-order valence-electron chi connectivity index (χ0n) is 13.5. The van der Waals surface area contributed by atoms with Crippen LogP contribution in [0.5, 0.6) is 5.75 Å². The average molecular weight is 354 g/mol. The predicted octanol–water partition coefficient (Wildman–Crippen LogP) is 4.25. The quantitative estimate of drug-likeness (QED) is 0.656. The van der Waals surface area contributed by atoms with Crippen LogP contribution < -0.4 is 11.1 Å². The standard InChI is InChI=1S/C19H16ClN3O2/c1-11-3-2-4-16(20)17(11)23-19(25)15-9-13(10-22-18(15)21)12-5-7-14(24)8-6-12/h2-10,24H,1H3,(H2,21,22)(H,23,25). The van der Waals surface area contributed by atoms with E-state index >= 15 is 0 Å². The number of para-hydroxylation sites is 1. The van der Waals surface area contributed by atoms with Crippen molar-refractivity contribution >= 4 is 29.0 Å². The van der Waals surface area contributed by atoms with Gasteiger partial charge in [-0.3, -0.25) is 4.79 Å². The summed E-state index contributed by atoms with van der Waals surface area (Å²) in [5, 5.41) is 12.6. The van der Waals surface area contributed by atoms with Crippen LogP contribution in [0, 0.1) is 6.92 Å². The van der Waals surface area contributed by atoms with Gasteiger partial charge < -0.3 is 16.2 Å². The molecule has 126 valence electrons. The number of nitrogens with zero attached hydrogens (tertiary/aromatic N) is 1. The lowest BCUT2D eigenvalue weighted by molar-refractivity contribution is 0.102. The Bertz CT molecular complexity index is 920. The number of nitrogens with two attached hydrogens (primary N) is 1. The summed E-state index contributed by atoms with van der Waals surface area (Å²) in [5.41, 5.74) is 9.06. The second-order valence-corrected chi connectivity index (χ2v) is 6.00. The number of carbonyl (C=O) groups is 1. The molecular formula is C19H16ClN3O2. The van der Waals surface area contributed by atoms with Gasteiger partial charge in [-0.25, -0.2) is 4.98 Å². The third kappa shape index (κ3) is 3.56. The minimum absolute atomic E-state index is 0.129. The molecule has 2 aromatic carbocycles. The van der Waals surface area contributed by atoms with E-state index in [1.54, 1.807) is 42.6 Å². The first kappa shape index (κ1) is 16.8. The molecule has 0 bridgehead atoms. The van der Waals surface area contributed by atoms with Crippen LogP contribution in [0.4, 0.5) is 11.5 Å². The van der Waals surface area contributed by atoms with Crippen molar-refractivity contribution < 1.29 is 9.90 Å². The number of nitrogens with one attached hydrogen (secondary N) is 1. The Morgan fingerprint density at radius 3 is 2.56 bits per heavy atom. The third-order valence-corrected chi connectivity index (χ3v) is 4.14. The van der Waals surface area contributed by atoms with Crippen molar-refractivity contribution in [2.24, 2.45) is 0 Å². The Morgan fingerprint density at radius 2 is 1.88 bits per heavy atom. The van der Waals surface area contributed by atoms with E-state index in [2.05, 4.69) is 10.3 Å². The monoisotopic (exact) mass is 353 g/mol. The fourth-order valence-corrected chi connectivity index (χ4v) is 2.71. The zero-order chi connectivity index (χ0) is 18.0. The van der Waals surface area contributed by atoms with Crippen LogP contribution >= 0.6 is 11.6 Å². The highest BCUT2D eigenvalue weighted by atomic mass is 35.5. The number of pyridine rings is 1. The number of phenolic OH excluding ortho intramolecular Hbond substituents is 1. The molecule has 6 heteroatoms. The van der Waals surface area contributed by atoms with Crippen molar-refractivity contribution in [3.8, 4) is 16.9 Å². The fraction of sp³-hybridized carbons (Fsp3) is 0.0526. The molecular weight excluding hydrogens is 338 g/mol. The SMILES string of the molecule is Cc1cccc(Cl)c1NC(=O)c1cc(-c2ccc(O)cc2)cnc1N. The van der Waals surface area contributed by atoms with Gasteiger partial charge in [-0.1, -0.05) is 35.9 Å². The Balaban J connectivity index is 1.95. The zero-order valence-corrected chi connectivity index (χ0v) is 14.2. The van der Waals surface area contributed by atoms with E-state index in [9.17, 15) is 9.90 Å². The van der Waals surface area contributed by atoms with Crippen LogP contribution in [0.1, 0.15) is 15.9 Å². The molecule has 0 radical (unpaired) electrons. The van der Waals surface area contributed by atoms with Crippen molar-refractivity contribution in [1.29, 1.82) is 0 Å². The smallest absolute Gasteiger partial charge is 0.259 e. The van der Waals surface area contributed by atoms with E-state index in [4.69, 9.17) is 17.3 Å². The van der Waals surface area contributed by atoms with Crippen molar-refractivity contribution in [3.63, 3.8) is 0 Å². The van der Waals surface area contributed by atoms with Crippen LogP contribution in [-0.2, 0) is 0 Å². The summed E-state index contributed by atoms with van der Waals surface area (Å²) in [7, 11) is 0. The first-order chi connectivity index (χ1) is 12.0. The van der Waals surface area contributed by atoms with Gasteiger partial charge in [0.2, 0.25) is 0 Å². The lowest BCUT2D eigenvalue weighted by Gasteiger charge is -2.12. The first-order valence-corrected chi connectivity index (χ1v) is 7.95. The van der Waals surface area contributed by atoms with Gasteiger partial charge in [0.15, 0.2) is 0 Å². The van der Waals surface area contributed by atoms with Gasteiger partial charge in [0.1, 0.15) is 11.6 Å². The number of halogens is 1. The number of hydrogen-bond acceptors (Lipinski definition) is 4. The van der Waals surface area contributed by atoms with Crippen molar-refractivity contribution in [2.75, 3.05) is 11.1 Å². The molecule has 0 aliphatic rings. The van der Waals surface area contributed by atoms with Crippen molar-refractivity contribution in [1.82, 2.24) is 4.98 Å². The number of rotatable bonds is 3. The molecule has 3 aromatic rings. The number of aromatic nitrogens is 1. The normalized spacial score (nSPS) is 10.5. The van der Waals surface area contributed by atoms with E-state index in [1.807, 2.05) is 19.1 Å². The number of amides is 1. The number of aryl methyl sites for hydroxylation is 1. The minimum atomic E-state index is -0.387. The molecule has 0 unspecified atom stereocenters. The summed E-state index contributed by atoms with van der Waals surface area (Å²) in [6.45, 7) is 1.86. The maximum Gasteiger partial charge on any atom is 0.259 e. The van der Waals surface area contributed by atoms with E-state index in [1.165, 1.54) is 0 Å². The summed E-state index contributed by atoms with van der Waals surface area (Å²) in [6.07, 6.45) is 1.58. The van der Waals surface area contributed by atoms with Gasteiger partial charge in [-0.05, 0) is 42.3 Å². The van der Waals surface area contributed by atoms with Crippen LogP contribution in [0.25, 0.3) is 11.1 Å². The molecule has 0 saturated carbocycles. The maximum absolute atomic E-state index is 12.6. The maximum atomic E-state index is 12.6. The molecule has 1 aromatic heterocycles. The molecule has 0 spiro atoms. The highest BCUT2D eigenvalue weighted by Gasteiger charge is 2.15. The van der Waals surface area contributed by atoms with Gasteiger partial charge in [-0.2, -0.15) is 0 Å². The number of carbonyl (C=O) groups excluding carboxylic acids is 1. The number of aromatic hydroxyl groups is 1. The summed E-state index contributed by atoms with van der Waals surface area (Å²) in [5.74, 6) is -0.0918. The van der Waals surface area contributed by atoms with Gasteiger partial charge in [0.25, 0.3) is 5.91 Å². The first-order valence-electron chi connectivity index (χ1n) is 7.57. The molecule has 0 aliphatic carbocycles. The highest BCUT2D eigenvalue weighted by Crippen LogP contribution is 2.28. The molecule has 25 heavy (non-hydrogen) atoms. The molecule has 1 heterocycles. The number of hydrogen-bond donors (Lipinski definition) is 3. The van der Waals surface area contributed by atoms with Gasteiger partial charge in [0, 0.05) is 11.8 Å². The second-order valence-electron chi connectivity index (χ2n) is 5.59. The number of phenols is 1. The molecule has 4 N–H and O–H groups in total. The second kappa shape index (κ2) is 6.83. The van der Waals surface area contributed by atoms with Gasteiger partial charge in [0.05, 0.1) is 16.3 Å². The van der Waals surface area contributed by atoms with E-state index in [0.717, 1.165) is 16.7 Å². The molecule has 0 aliphatic heterocycles. The number of benzene rings is 2. The third-order valence-electron chi connectivity index (χ3n) is 3.82. The minimum Gasteiger partial charge on any atom is -0.508 e. The van der Waals surface area contributed by atoms with Crippen molar-refractivity contribution in [2.45, 2.75) is 6.92 Å². The Hall–Kier alpha value is -3.05. The topological polar surface area (TPSA) is 88.2 Å².